The molecule has 0 aliphatic heterocycles. The molecule has 1 atom stereocenters. The minimum Gasteiger partial charge on any atom is -0.507 e. The van der Waals surface area contributed by atoms with Gasteiger partial charge in [-0.25, -0.2) is 0 Å². The Morgan fingerprint density at radius 3 is 2.76 bits per heavy atom. The van der Waals surface area contributed by atoms with Gasteiger partial charge in [0.1, 0.15) is 5.75 Å². The number of aromatic hydroxyl groups is 1. The molecular weight excluding hydrogens is 284 g/mol. The molecule has 1 aromatic carbocycles. The van der Waals surface area contributed by atoms with Gasteiger partial charge >= 0.3 is 0 Å². The van der Waals surface area contributed by atoms with Crippen molar-refractivity contribution >= 4 is 21.7 Å². The summed E-state index contributed by atoms with van der Waals surface area (Å²) in [5.41, 5.74) is 1.23. The molecular formula is C13H17BrO3. The Morgan fingerprint density at radius 1 is 1.53 bits per heavy atom. The Labute approximate surface area is 110 Å². The van der Waals surface area contributed by atoms with E-state index < -0.39 is 0 Å². The lowest BCUT2D eigenvalue weighted by Crippen LogP contribution is -2.03. The number of rotatable bonds is 6. The van der Waals surface area contributed by atoms with Gasteiger partial charge in [-0.05, 0) is 38.0 Å². The van der Waals surface area contributed by atoms with E-state index in [-0.39, 0.29) is 17.6 Å². The third-order valence-electron chi connectivity index (χ3n) is 2.52. The molecule has 0 spiro atoms. The first-order valence-corrected chi connectivity index (χ1v) is 6.69. The second-order valence-corrected chi connectivity index (χ2v) is 4.68. The zero-order chi connectivity index (χ0) is 12.8. The number of alkyl halides is 1. The van der Waals surface area contributed by atoms with E-state index in [2.05, 4.69) is 15.9 Å². The molecule has 3 nitrogen and oxygen atoms in total. The molecule has 94 valence electrons. The van der Waals surface area contributed by atoms with Gasteiger partial charge in [0.25, 0.3) is 0 Å². The number of benzene rings is 1. The van der Waals surface area contributed by atoms with Crippen LogP contribution in [0.15, 0.2) is 18.2 Å². The molecule has 0 aliphatic carbocycles. The molecule has 0 saturated heterocycles. The molecule has 0 heterocycles. The van der Waals surface area contributed by atoms with Gasteiger partial charge in [0, 0.05) is 11.9 Å². The summed E-state index contributed by atoms with van der Waals surface area (Å²) in [5, 5.41) is 10.6. The highest BCUT2D eigenvalue weighted by atomic mass is 79.9. The minimum absolute atomic E-state index is 0.0194. The first-order chi connectivity index (χ1) is 8.06. The van der Waals surface area contributed by atoms with Crippen LogP contribution in [0.4, 0.5) is 0 Å². The van der Waals surface area contributed by atoms with E-state index in [1.54, 1.807) is 12.1 Å². The average Bonchev–Trinajstić information content (AvgIpc) is 2.28. The highest BCUT2D eigenvalue weighted by Gasteiger charge is 2.11. The maximum atomic E-state index is 11.2. The van der Waals surface area contributed by atoms with Crippen molar-refractivity contribution in [1.29, 1.82) is 0 Å². The molecule has 17 heavy (non-hydrogen) atoms. The number of hydrogen-bond donors (Lipinski definition) is 1. The number of hydrogen-bond acceptors (Lipinski definition) is 3. The summed E-state index contributed by atoms with van der Waals surface area (Å²) in [7, 11) is 0. The van der Waals surface area contributed by atoms with Crippen molar-refractivity contribution in [2.75, 3.05) is 11.9 Å². The first-order valence-electron chi connectivity index (χ1n) is 5.57. The van der Waals surface area contributed by atoms with Gasteiger partial charge < -0.3 is 9.84 Å². The van der Waals surface area contributed by atoms with Crippen LogP contribution < -0.4 is 0 Å². The van der Waals surface area contributed by atoms with E-state index >= 15 is 0 Å². The summed E-state index contributed by atoms with van der Waals surface area (Å²) in [6, 6.07) is 5.04. The molecule has 0 aromatic heterocycles. The van der Waals surface area contributed by atoms with Crippen LogP contribution in [0.5, 0.6) is 5.75 Å². The van der Waals surface area contributed by atoms with Gasteiger partial charge in [-0.15, -0.1) is 0 Å². The largest absolute Gasteiger partial charge is 0.507 e. The SMILES string of the molecule is CC(=O)c1ccc(C(C)OCCCBr)cc1O. The van der Waals surface area contributed by atoms with Crippen LogP contribution in [0.1, 0.15) is 42.3 Å². The minimum atomic E-state index is -0.137. The Morgan fingerprint density at radius 2 is 2.24 bits per heavy atom. The predicted molar refractivity (Wildman–Crippen MR) is 70.9 cm³/mol. The predicted octanol–water partition coefficient (Wildman–Crippen LogP) is 3.46. The third kappa shape index (κ3) is 4.13. The number of carbonyl (C=O) groups is 1. The quantitative estimate of drug-likeness (QED) is 0.497. The fraction of sp³-hybridized carbons (Fsp3) is 0.462. The van der Waals surface area contributed by atoms with E-state index in [4.69, 9.17) is 4.74 Å². The lowest BCUT2D eigenvalue weighted by Gasteiger charge is -2.14. The van der Waals surface area contributed by atoms with Crippen molar-refractivity contribution in [2.45, 2.75) is 26.4 Å². The van der Waals surface area contributed by atoms with Crippen molar-refractivity contribution < 1.29 is 14.6 Å². The highest BCUT2D eigenvalue weighted by Crippen LogP contribution is 2.25. The molecule has 0 saturated carbocycles. The van der Waals surface area contributed by atoms with Crippen molar-refractivity contribution in [3.05, 3.63) is 29.3 Å². The number of phenolic OH excluding ortho intramolecular Hbond substituents is 1. The first kappa shape index (κ1) is 14.2. The average molecular weight is 301 g/mol. The summed E-state index contributed by atoms with van der Waals surface area (Å²) >= 11 is 3.34. The van der Waals surface area contributed by atoms with Crippen molar-refractivity contribution in [1.82, 2.24) is 0 Å². The van der Waals surface area contributed by atoms with E-state index in [0.29, 0.717) is 12.2 Å². The molecule has 0 bridgehead atoms. The zero-order valence-corrected chi connectivity index (χ0v) is 11.7. The summed E-state index contributed by atoms with van der Waals surface area (Å²) in [4.78, 5) is 11.2. The number of ketones is 1. The molecule has 4 heteroatoms. The number of carbonyl (C=O) groups excluding carboxylic acids is 1. The molecule has 1 aromatic rings. The number of Topliss-reactive ketones (excluding diaryl/α,β-unsaturated/α-hetero) is 1. The summed E-state index contributed by atoms with van der Waals surface area (Å²) in [5.74, 6) is -0.118. The maximum absolute atomic E-state index is 11.2. The normalized spacial score (nSPS) is 12.4. The Balaban J connectivity index is 2.72. The Kier molecular flexibility index (Phi) is 5.65. The van der Waals surface area contributed by atoms with Crippen LogP contribution in [0, 0.1) is 0 Å². The van der Waals surface area contributed by atoms with Crippen molar-refractivity contribution in [2.24, 2.45) is 0 Å². The van der Waals surface area contributed by atoms with Gasteiger partial charge in [0.05, 0.1) is 11.7 Å². The van der Waals surface area contributed by atoms with Crippen LogP contribution in [0.2, 0.25) is 0 Å². The van der Waals surface area contributed by atoms with Crippen LogP contribution in [-0.2, 0) is 4.74 Å². The lowest BCUT2D eigenvalue weighted by atomic mass is 10.0. The fourth-order valence-corrected chi connectivity index (χ4v) is 1.74. The number of ether oxygens (including phenoxy) is 1. The van der Waals surface area contributed by atoms with Crippen molar-refractivity contribution in [3.63, 3.8) is 0 Å². The molecule has 1 rings (SSSR count). The number of phenols is 1. The summed E-state index contributed by atoms with van der Waals surface area (Å²) in [6.07, 6.45) is 0.864. The summed E-state index contributed by atoms with van der Waals surface area (Å²) < 4.78 is 5.60. The van der Waals surface area contributed by atoms with E-state index in [0.717, 1.165) is 17.3 Å². The van der Waals surface area contributed by atoms with Gasteiger partial charge in [-0.3, -0.25) is 4.79 Å². The molecule has 0 aliphatic rings. The fourth-order valence-electron chi connectivity index (χ4n) is 1.51. The van der Waals surface area contributed by atoms with Gasteiger partial charge in [0.2, 0.25) is 0 Å². The van der Waals surface area contributed by atoms with E-state index in [1.807, 2.05) is 13.0 Å². The molecule has 0 fully saturated rings. The van der Waals surface area contributed by atoms with Crippen LogP contribution in [0.25, 0.3) is 0 Å². The second kappa shape index (κ2) is 6.77. The van der Waals surface area contributed by atoms with Crippen LogP contribution in [-0.4, -0.2) is 22.8 Å². The van der Waals surface area contributed by atoms with Gasteiger partial charge in [0.15, 0.2) is 5.78 Å². The molecule has 1 unspecified atom stereocenters. The van der Waals surface area contributed by atoms with Crippen LogP contribution >= 0.6 is 15.9 Å². The van der Waals surface area contributed by atoms with Crippen LogP contribution in [0.3, 0.4) is 0 Å². The Bertz CT molecular complexity index is 390. The Hall–Kier alpha value is -0.870. The van der Waals surface area contributed by atoms with Crippen molar-refractivity contribution in [3.8, 4) is 5.75 Å². The third-order valence-corrected chi connectivity index (χ3v) is 3.08. The molecule has 0 radical (unpaired) electrons. The monoisotopic (exact) mass is 300 g/mol. The molecule has 0 amide bonds. The standard InChI is InChI=1S/C13H17BrO3/c1-9(15)12-5-4-11(8-13(12)16)10(2)17-7-3-6-14/h4-5,8,10,16H,3,6-7H2,1-2H3. The topological polar surface area (TPSA) is 46.5 Å². The second-order valence-electron chi connectivity index (χ2n) is 3.89. The van der Waals surface area contributed by atoms with Gasteiger partial charge in [-0.1, -0.05) is 22.0 Å². The van der Waals surface area contributed by atoms with Gasteiger partial charge in [-0.2, -0.15) is 0 Å². The summed E-state index contributed by atoms with van der Waals surface area (Å²) in [6.45, 7) is 4.03. The lowest BCUT2D eigenvalue weighted by molar-refractivity contribution is 0.0667. The molecule has 1 N–H and O–H groups in total. The van der Waals surface area contributed by atoms with E-state index in [9.17, 15) is 9.90 Å². The smallest absolute Gasteiger partial charge is 0.163 e. The highest BCUT2D eigenvalue weighted by molar-refractivity contribution is 9.09. The number of halogens is 1. The van der Waals surface area contributed by atoms with E-state index in [1.165, 1.54) is 6.92 Å². The maximum Gasteiger partial charge on any atom is 0.163 e. The zero-order valence-electron chi connectivity index (χ0n) is 10.1.